The van der Waals surface area contributed by atoms with E-state index in [-0.39, 0.29) is 16.9 Å². The molecule has 0 N–H and O–H groups in total. The maximum atomic E-state index is 11.4. The van der Waals surface area contributed by atoms with Crippen LogP contribution in [0.15, 0.2) is 0 Å². The van der Waals surface area contributed by atoms with Crippen LogP contribution in [-0.4, -0.2) is 36.8 Å². The highest BCUT2D eigenvalue weighted by Gasteiger charge is 2.29. The van der Waals surface area contributed by atoms with Crippen LogP contribution in [0.2, 0.25) is 0 Å². The molecule has 1 aliphatic heterocycles. The summed E-state index contributed by atoms with van der Waals surface area (Å²) in [4.78, 5) is 10.8. The highest BCUT2D eigenvalue weighted by Crippen LogP contribution is 2.21. The Morgan fingerprint density at radius 1 is 1.43 bits per heavy atom. The van der Waals surface area contributed by atoms with Gasteiger partial charge in [0.1, 0.15) is 0 Å². The first kappa shape index (κ1) is 11.9. The molecule has 0 unspecified atom stereocenters. The van der Waals surface area contributed by atoms with Crippen molar-refractivity contribution in [2.45, 2.75) is 19.8 Å². The van der Waals surface area contributed by atoms with Gasteiger partial charge in [-0.15, -0.1) is 0 Å². The molecule has 82 valence electrons. The third-order valence-corrected chi connectivity index (χ3v) is 4.72. The van der Waals surface area contributed by atoms with Gasteiger partial charge >= 0.3 is 0 Å². The van der Waals surface area contributed by atoms with Gasteiger partial charge in [0.05, 0.1) is 5.75 Å². The first-order chi connectivity index (χ1) is 6.47. The van der Waals surface area contributed by atoms with Crippen molar-refractivity contribution in [2.24, 2.45) is 5.92 Å². The molecule has 4 nitrogen and oxygen atoms in total. The van der Waals surface area contributed by atoms with Gasteiger partial charge in [-0.05, 0) is 31.4 Å². The molecule has 6 heteroatoms. The number of carbonyl (C=O) groups excluding carboxylic acids is 1. The Labute approximate surface area is 89.3 Å². The van der Waals surface area contributed by atoms with Gasteiger partial charge in [-0.2, -0.15) is 0 Å². The molecule has 0 atom stereocenters. The van der Waals surface area contributed by atoms with Crippen LogP contribution in [0.1, 0.15) is 19.8 Å². The minimum Gasteiger partial charge on any atom is -0.281 e. The van der Waals surface area contributed by atoms with E-state index < -0.39 is 10.0 Å². The van der Waals surface area contributed by atoms with Crippen LogP contribution in [0.25, 0.3) is 0 Å². The topological polar surface area (TPSA) is 54.5 Å². The van der Waals surface area contributed by atoms with Gasteiger partial charge < -0.3 is 0 Å². The van der Waals surface area contributed by atoms with Gasteiger partial charge in [0.25, 0.3) is 0 Å². The number of sulfonamides is 1. The van der Waals surface area contributed by atoms with E-state index >= 15 is 0 Å². The van der Waals surface area contributed by atoms with E-state index in [1.807, 2.05) is 0 Å². The molecule has 1 fully saturated rings. The molecule has 0 radical (unpaired) electrons. The van der Waals surface area contributed by atoms with Crippen molar-refractivity contribution in [1.82, 2.24) is 4.31 Å². The Hall–Kier alpha value is -0.130. The number of halogens is 1. The van der Waals surface area contributed by atoms with Gasteiger partial charge in [0, 0.05) is 19.0 Å². The summed E-state index contributed by atoms with van der Waals surface area (Å²) in [6.07, 6.45) is 1.09. The predicted molar refractivity (Wildman–Crippen MR) is 54.6 cm³/mol. The van der Waals surface area contributed by atoms with Crippen molar-refractivity contribution >= 4 is 26.9 Å². The molecule has 1 aliphatic rings. The Morgan fingerprint density at radius 2 is 1.93 bits per heavy atom. The highest BCUT2D eigenvalue weighted by molar-refractivity contribution is 7.89. The second kappa shape index (κ2) is 4.59. The maximum absolute atomic E-state index is 11.4. The van der Waals surface area contributed by atoms with Crippen molar-refractivity contribution in [3.8, 4) is 0 Å². The van der Waals surface area contributed by atoms with Gasteiger partial charge in [0.15, 0.2) is 0 Å². The van der Waals surface area contributed by atoms with Crippen LogP contribution in [0.5, 0.6) is 0 Å². The van der Waals surface area contributed by atoms with Crippen molar-refractivity contribution in [3.05, 3.63) is 0 Å². The summed E-state index contributed by atoms with van der Waals surface area (Å²) in [5, 5.41) is -0.349. The van der Waals surface area contributed by atoms with Crippen molar-refractivity contribution in [2.75, 3.05) is 18.8 Å². The third-order valence-electron chi connectivity index (χ3n) is 2.53. The van der Waals surface area contributed by atoms with Crippen molar-refractivity contribution in [1.29, 1.82) is 0 Å². The fraction of sp³-hybridized carbons (Fsp3) is 0.875. The third kappa shape index (κ3) is 2.68. The van der Waals surface area contributed by atoms with E-state index in [1.54, 1.807) is 6.92 Å². The molecule has 0 aromatic heterocycles. The second-order valence-corrected chi connectivity index (χ2v) is 6.01. The maximum Gasteiger partial charge on any atom is 0.224 e. The number of nitrogens with zero attached hydrogens (tertiary/aromatic N) is 1. The Balaban J connectivity index is 2.56. The first-order valence-electron chi connectivity index (χ1n) is 4.64. The van der Waals surface area contributed by atoms with Gasteiger partial charge in [-0.1, -0.05) is 0 Å². The molecule has 1 heterocycles. The van der Waals surface area contributed by atoms with E-state index in [4.69, 9.17) is 11.6 Å². The number of piperidine rings is 1. The molecule has 1 rings (SSSR count). The number of carbonyl (C=O) groups is 1. The zero-order valence-corrected chi connectivity index (χ0v) is 9.64. The zero-order chi connectivity index (χ0) is 10.8. The molecule has 0 aromatic carbocycles. The van der Waals surface area contributed by atoms with E-state index in [9.17, 15) is 13.2 Å². The minimum atomic E-state index is -3.09. The lowest BCUT2D eigenvalue weighted by atomic mass is 10.00. The van der Waals surface area contributed by atoms with Crippen LogP contribution >= 0.6 is 11.6 Å². The molecular formula is C8H14ClNO3S. The molecule has 0 saturated carbocycles. The van der Waals surface area contributed by atoms with Gasteiger partial charge in [-0.25, -0.2) is 12.7 Å². The summed E-state index contributed by atoms with van der Waals surface area (Å²) in [5.41, 5.74) is 0. The summed E-state index contributed by atoms with van der Waals surface area (Å²) < 4.78 is 24.3. The van der Waals surface area contributed by atoms with E-state index in [0.717, 1.165) is 0 Å². The molecule has 0 bridgehead atoms. The Bertz CT molecular complexity index is 307. The number of hydrogen-bond acceptors (Lipinski definition) is 3. The minimum absolute atomic E-state index is 0.118. The fourth-order valence-corrected chi connectivity index (χ4v) is 2.89. The van der Waals surface area contributed by atoms with Crippen molar-refractivity contribution < 1.29 is 13.2 Å². The van der Waals surface area contributed by atoms with E-state index in [0.29, 0.717) is 25.9 Å². The van der Waals surface area contributed by atoms with E-state index in [2.05, 4.69) is 0 Å². The second-order valence-electron chi connectivity index (χ2n) is 3.38. The molecule has 0 aliphatic carbocycles. The molecule has 14 heavy (non-hydrogen) atoms. The molecule has 1 saturated heterocycles. The lowest BCUT2D eigenvalue weighted by Gasteiger charge is -2.28. The average Bonchev–Trinajstić information content (AvgIpc) is 2.18. The van der Waals surface area contributed by atoms with Crippen LogP contribution in [0.3, 0.4) is 0 Å². The zero-order valence-electron chi connectivity index (χ0n) is 8.07. The molecule has 0 spiro atoms. The number of rotatable bonds is 3. The average molecular weight is 240 g/mol. The summed E-state index contributed by atoms with van der Waals surface area (Å²) in [6, 6.07) is 0. The van der Waals surface area contributed by atoms with Crippen LogP contribution in [0.4, 0.5) is 0 Å². The molecular weight excluding hydrogens is 226 g/mol. The van der Waals surface area contributed by atoms with E-state index in [1.165, 1.54) is 4.31 Å². The van der Waals surface area contributed by atoms with Gasteiger partial charge in [-0.3, -0.25) is 4.79 Å². The fourth-order valence-electron chi connectivity index (χ4n) is 1.54. The smallest absolute Gasteiger partial charge is 0.224 e. The quantitative estimate of drug-likeness (QED) is 0.685. The summed E-state index contributed by atoms with van der Waals surface area (Å²) >= 11 is 5.35. The van der Waals surface area contributed by atoms with Gasteiger partial charge in [0.2, 0.25) is 15.3 Å². The van der Waals surface area contributed by atoms with Crippen LogP contribution in [0, 0.1) is 5.92 Å². The SMILES string of the molecule is CCS(=O)(=O)N1CCC(C(=O)Cl)CC1. The summed E-state index contributed by atoms with van der Waals surface area (Å²) in [5.74, 6) is -0.0491. The Morgan fingerprint density at radius 3 is 2.29 bits per heavy atom. The van der Waals surface area contributed by atoms with Crippen LogP contribution in [-0.2, 0) is 14.8 Å². The Kier molecular flexibility index (Phi) is 3.92. The largest absolute Gasteiger partial charge is 0.281 e. The monoisotopic (exact) mass is 239 g/mol. The lowest BCUT2D eigenvalue weighted by Crippen LogP contribution is -2.40. The normalized spacial score (nSPS) is 21.0. The summed E-state index contributed by atoms with van der Waals surface area (Å²) in [7, 11) is -3.09. The lowest BCUT2D eigenvalue weighted by molar-refractivity contribution is -0.116. The van der Waals surface area contributed by atoms with Crippen molar-refractivity contribution in [3.63, 3.8) is 0 Å². The predicted octanol–water partition coefficient (Wildman–Crippen LogP) is 0.814. The first-order valence-corrected chi connectivity index (χ1v) is 6.63. The van der Waals surface area contributed by atoms with Crippen LogP contribution < -0.4 is 0 Å². The number of hydrogen-bond donors (Lipinski definition) is 0. The highest BCUT2D eigenvalue weighted by atomic mass is 35.5. The molecule has 0 amide bonds. The summed E-state index contributed by atoms with van der Waals surface area (Å²) in [6.45, 7) is 2.45. The molecule has 0 aromatic rings. The standard InChI is InChI=1S/C8H14ClNO3S/c1-2-14(12,13)10-5-3-7(4-6-10)8(9)11/h7H,2-6H2,1H3.